The Balaban J connectivity index is 1.04. The van der Waals surface area contributed by atoms with Gasteiger partial charge in [-0.1, -0.05) is 135 Å². The molecule has 61 heavy (non-hydrogen) atoms. The van der Waals surface area contributed by atoms with Crippen LogP contribution in [0.15, 0.2) is 176 Å². The first-order valence-corrected chi connectivity index (χ1v) is 22.0. The van der Waals surface area contributed by atoms with E-state index in [-0.39, 0.29) is 5.41 Å². The number of aromatic nitrogens is 5. The first-order chi connectivity index (χ1) is 29.9. The summed E-state index contributed by atoms with van der Waals surface area (Å²) >= 11 is 3.37. The predicted octanol–water partition coefficient (Wildman–Crippen LogP) is 14.6. The molecule has 0 aliphatic heterocycles. The van der Waals surface area contributed by atoms with E-state index in [0.717, 1.165) is 69.4 Å². The summed E-state index contributed by atoms with van der Waals surface area (Å²) in [4.78, 5) is 26.0. The van der Waals surface area contributed by atoms with Gasteiger partial charge >= 0.3 is 0 Å². The van der Waals surface area contributed by atoms with Crippen LogP contribution in [0.1, 0.15) is 25.0 Å². The summed E-state index contributed by atoms with van der Waals surface area (Å²) in [7, 11) is 0. The van der Waals surface area contributed by atoms with E-state index < -0.39 is 0 Å². The van der Waals surface area contributed by atoms with Crippen molar-refractivity contribution in [1.82, 2.24) is 24.9 Å². The molecule has 11 aromatic rings. The zero-order valence-corrected chi connectivity index (χ0v) is 34.9. The van der Waals surface area contributed by atoms with Crippen molar-refractivity contribution in [3.05, 3.63) is 187 Å². The van der Waals surface area contributed by atoms with Crippen LogP contribution in [0.2, 0.25) is 0 Å². The van der Waals surface area contributed by atoms with Crippen LogP contribution in [0.3, 0.4) is 0 Å². The number of nitrogens with zero attached hydrogens (tertiary/aromatic N) is 5. The molecule has 3 heterocycles. The van der Waals surface area contributed by atoms with Crippen molar-refractivity contribution in [3.8, 4) is 77.6 Å². The SMILES string of the molecule is CC1(C)c2ccccc2-c2cc(-c3nc(-c4ccc(-c5ccc6ccccc6c5)cc4)nc(-c4cc(-c5nc6ccccc6s5)cc(-c5nc6ccccc6s5)c4)n3)ccc21. The maximum atomic E-state index is 5.31. The molecule has 8 aromatic carbocycles. The van der Waals surface area contributed by atoms with Crippen LogP contribution in [-0.2, 0) is 5.41 Å². The van der Waals surface area contributed by atoms with E-state index in [0.29, 0.717) is 17.5 Å². The molecule has 5 nitrogen and oxygen atoms in total. The first-order valence-electron chi connectivity index (χ1n) is 20.4. The number of fused-ring (bicyclic) bond motifs is 6. The summed E-state index contributed by atoms with van der Waals surface area (Å²) in [6.07, 6.45) is 0. The van der Waals surface area contributed by atoms with Crippen LogP contribution in [-0.4, -0.2) is 24.9 Å². The maximum Gasteiger partial charge on any atom is 0.164 e. The van der Waals surface area contributed by atoms with E-state index in [1.807, 2.05) is 12.1 Å². The quantitative estimate of drug-likeness (QED) is 0.167. The molecule has 0 saturated heterocycles. The molecule has 1 aliphatic carbocycles. The third kappa shape index (κ3) is 6.16. The Hall–Kier alpha value is -7.19. The lowest BCUT2D eigenvalue weighted by Gasteiger charge is -2.21. The van der Waals surface area contributed by atoms with E-state index >= 15 is 0 Å². The largest absolute Gasteiger partial charge is 0.236 e. The Labute approximate surface area is 360 Å². The normalized spacial score (nSPS) is 12.9. The van der Waals surface area contributed by atoms with Gasteiger partial charge in [0.1, 0.15) is 10.0 Å². The molecule has 0 saturated carbocycles. The molecular formula is C54H35N5S2. The van der Waals surface area contributed by atoms with Gasteiger partial charge < -0.3 is 0 Å². The second kappa shape index (κ2) is 13.9. The monoisotopic (exact) mass is 817 g/mol. The second-order valence-corrected chi connectivity index (χ2v) is 18.2. The summed E-state index contributed by atoms with van der Waals surface area (Å²) in [6, 6.07) is 62.2. The summed E-state index contributed by atoms with van der Waals surface area (Å²) in [5, 5.41) is 4.31. The van der Waals surface area contributed by atoms with E-state index in [1.54, 1.807) is 22.7 Å². The maximum absolute atomic E-state index is 5.31. The van der Waals surface area contributed by atoms with Crippen LogP contribution in [0.25, 0.3) is 109 Å². The number of benzene rings is 8. The van der Waals surface area contributed by atoms with E-state index in [2.05, 4.69) is 178 Å². The molecule has 7 heteroatoms. The third-order valence-corrected chi connectivity index (χ3v) is 14.1. The molecule has 0 spiro atoms. The fourth-order valence-electron chi connectivity index (χ4n) is 8.80. The molecule has 288 valence electrons. The van der Waals surface area contributed by atoms with Crippen molar-refractivity contribution < 1.29 is 0 Å². The topological polar surface area (TPSA) is 64.5 Å². The molecule has 1 aliphatic rings. The highest BCUT2D eigenvalue weighted by Gasteiger charge is 2.35. The van der Waals surface area contributed by atoms with Gasteiger partial charge in [0.25, 0.3) is 0 Å². The third-order valence-electron chi connectivity index (χ3n) is 12.0. The molecule has 0 atom stereocenters. The zero-order chi connectivity index (χ0) is 40.7. The Morgan fingerprint density at radius 2 is 0.852 bits per heavy atom. The Kier molecular flexibility index (Phi) is 8.17. The Morgan fingerprint density at radius 3 is 1.54 bits per heavy atom. The van der Waals surface area contributed by atoms with Crippen LogP contribution < -0.4 is 0 Å². The molecule has 12 rings (SSSR count). The molecule has 0 N–H and O–H groups in total. The minimum absolute atomic E-state index is 0.106. The summed E-state index contributed by atoms with van der Waals surface area (Å²) in [5.74, 6) is 1.82. The second-order valence-electron chi connectivity index (χ2n) is 16.1. The molecule has 0 radical (unpaired) electrons. The standard InChI is InChI=1S/C54H35N5S2/c1-54(2)43-14-6-5-13-41(43)42-31-37(25-26-44(42)54)50-57-49(34-22-19-33(20-23-34)36-24-21-32-11-3-4-12-35(32)27-36)58-51(59-50)38-28-39(52-55-45-15-7-9-17-47(45)60-52)30-40(29-38)53-56-46-16-8-10-18-48(46)61-53/h3-31H,1-2H3. The van der Waals surface area contributed by atoms with Crippen LogP contribution in [0, 0.1) is 0 Å². The fraction of sp³-hybridized carbons (Fsp3) is 0.0556. The number of rotatable bonds is 6. The zero-order valence-electron chi connectivity index (χ0n) is 33.3. The van der Waals surface area contributed by atoms with Gasteiger partial charge in [-0.25, -0.2) is 24.9 Å². The molecule has 0 bridgehead atoms. The molecular weight excluding hydrogens is 783 g/mol. The van der Waals surface area contributed by atoms with Gasteiger partial charge in [-0.2, -0.15) is 0 Å². The fourth-order valence-corrected chi connectivity index (χ4v) is 10.7. The number of hydrogen-bond donors (Lipinski definition) is 0. The van der Waals surface area contributed by atoms with E-state index in [4.69, 9.17) is 24.9 Å². The van der Waals surface area contributed by atoms with Gasteiger partial charge in [0.05, 0.1) is 20.4 Å². The Morgan fingerprint density at radius 1 is 0.344 bits per heavy atom. The summed E-state index contributed by atoms with van der Waals surface area (Å²) in [5.41, 5.74) is 14.0. The van der Waals surface area contributed by atoms with Crippen molar-refractivity contribution >= 4 is 53.9 Å². The predicted molar refractivity (Wildman–Crippen MR) is 254 cm³/mol. The molecule has 3 aromatic heterocycles. The summed E-state index contributed by atoms with van der Waals surface area (Å²) < 4.78 is 2.28. The van der Waals surface area contributed by atoms with Gasteiger partial charge in [-0.3, -0.25) is 0 Å². The van der Waals surface area contributed by atoms with Crippen molar-refractivity contribution in [2.24, 2.45) is 0 Å². The van der Waals surface area contributed by atoms with Gasteiger partial charge in [0.15, 0.2) is 17.5 Å². The van der Waals surface area contributed by atoms with E-state index in [1.165, 1.54) is 33.0 Å². The van der Waals surface area contributed by atoms with Gasteiger partial charge in [-0.15, -0.1) is 22.7 Å². The van der Waals surface area contributed by atoms with Crippen LogP contribution in [0.4, 0.5) is 0 Å². The summed E-state index contributed by atoms with van der Waals surface area (Å²) in [6.45, 7) is 4.61. The number of hydrogen-bond acceptors (Lipinski definition) is 7. The lowest BCUT2D eigenvalue weighted by atomic mass is 9.82. The lowest BCUT2D eigenvalue weighted by molar-refractivity contribution is 0.660. The number of para-hydroxylation sites is 2. The van der Waals surface area contributed by atoms with E-state index in [9.17, 15) is 0 Å². The van der Waals surface area contributed by atoms with Crippen LogP contribution in [0.5, 0.6) is 0 Å². The molecule has 0 fully saturated rings. The van der Waals surface area contributed by atoms with Gasteiger partial charge in [0, 0.05) is 33.2 Å². The first kappa shape index (κ1) is 35.7. The van der Waals surface area contributed by atoms with Crippen molar-refractivity contribution in [3.63, 3.8) is 0 Å². The average molecular weight is 818 g/mol. The van der Waals surface area contributed by atoms with Crippen LogP contribution >= 0.6 is 22.7 Å². The molecule has 0 amide bonds. The smallest absolute Gasteiger partial charge is 0.164 e. The molecule has 0 unspecified atom stereocenters. The van der Waals surface area contributed by atoms with Crippen molar-refractivity contribution in [2.45, 2.75) is 19.3 Å². The van der Waals surface area contributed by atoms with Crippen molar-refractivity contribution in [1.29, 1.82) is 0 Å². The van der Waals surface area contributed by atoms with Gasteiger partial charge in [-0.05, 0) is 98.8 Å². The Bertz CT molecular complexity index is 3370. The number of thiazole rings is 2. The highest BCUT2D eigenvalue weighted by atomic mass is 32.1. The lowest BCUT2D eigenvalue weighted by Crippen LogP contribution is -2.14. The average Bonchev–Trinajstić information content (AvgIpc) is 4.02. The van der Waals surface area contributed by atoms with Crippen molar-refractivity contribution in [2.75, 3.05) is 0 Å². The highest BCUT2D eigenvalue weighted by Crippen LogP contribution is 2.49. The highest BCUT2D eigenvalue weighted by molar-refractivity contribution is 7.22. The van der Waals surface area contributed by atoms with Gasteiger partial charge in [0.2, 0.25) is 0 Å². The minimum Gasteiger partial charge on any atom is -0.236 e. The minimum atomic E-state index is -0.106.